The van der Waals surface area contributed by atoms with Crippen LogP contribution in [0.15, 0.2) is 12.4 Å². The van der Waals surface area contributed by atoms with Crippen molar-refractivity contribution >= 4 is 0 Å². The SMILES string of the molecule is CC(CNCc1cnn(C(C)(C)C)c1)C1CC1. The molecule has 1 aromatic rings. The van der Waals surface area contributed by atoms with Gasteiger partial charge in [0.25, 0.3) is 0 Å². The molecule has 1 aromatic heterocycles. The number of nitrogens with one attached hydrogen (secondary N) is 1. The maximum absolute atomic E-state index is 4.41. The van der Waals surface area contributed by atoms with Crippen LogP contribution in [-0.2, 0) is 12.1 Å². The molecule has 1 aliphatic carbocycles. The van der Waals surface area contributed by atoms with Crippen molar-refractivity contribution in [3.8, 4) is 0 Å². The van der Waals surface area contributed by atoms with Crippen LogP contribution in [0.2, 0.25) is 0 Å². The average Bonchev–Trinajstić information content (AvgIpc) is 2.97. The predicted molar refractivity (Wildman–Crippen MR) is 70.8 cm³/mol. The van der Waals surface area contributed by atoms with Crippen molar-refractivity contribution < 1.29 is 0 Å². The van der Waals surface area contributed by atoms with E-state index in [0.717, 1.165) is 24.9 Å². The summed E-state index contributed by atoms with van der Waals surface area (Å²) < 4.78 is 2.04. The minimum atomic E-state index is 0.0829. The molecular formula is C14H25N3. The quantitative estimate of drug-likeness (QED) is 0.850. The number of aromatic nitrogens is 2. The zero-order chi connectivity index (χ0) is 12.5. The topological polar surface area (TPSA) is 29.9 Å². The molecule has 1 fully saturated rings. The normalized spacial score (nSPS) is 18.4. The first-order valence-electron chi connectivity index (χ1n) is 6.71. The first-order chi connectivity index (χ1) is 7.97. The molecule has 0 radical (unpaired) electrons. The van der Waals surface area contributed by atoms with E-state index >= 15 is 0 Å². The van der Waals surface area contributed by atoms with Crippen LogP contribution in [-0.4, -0.2) is 16.3 Å². The van der Waals surface area contributed by atoms with Gasteiger partial charge >= 0.3 is 0 Å². The molecule has 0 bridgehead atoms. The molecule has 1 atom stereocenters. The second-order valence-electron chi connectivity index (χ2n) is 6.41. The lowest BCUT2D eigenvalue weighted by Gasteiger charge is -2.18. The molecule has 1 aliphatic rings. The van der Waals surface area contributed by atoms with Crippen LogP contribution in [0, 0.1) is 11.8 Å². The van der Waals surface area contributed by atoms with E-state index in [2.05, 4.69) is 44.3 Å². The van der Waals surface area contributed by atoms with Gasteiger partial charge in [-0.05, 0) is 52.0 Å². The molecular weight excluding hydrogens is 210 g/mol. The highest BCUT2D eigenvalue weighted by molar-refractivity contribution is 5.04. The van der Waals surface area contributed by atoms with Crippen molar-refractivity contribution in [3.05, 3.63) is 18.0 Å². The van der Waals surface area contributed by atoms with Crippen molar-refractivity contribution in [1.29, 1.82) is 0 Å². The van der Waals surface area contributed by atoms with E-state index in [0.29, 0.717) is 0 Å². The molecule has 0 aromatic carbocycles. The Morgan fingerprint density at radius 3 is 2.71 bits per heavy atom. The third-order valence-corrected chi connectivity index (χ3v) is 3.55. The summed E-state index contributed by atoms with van der Waals surface area (Å²) in [7, 11) is 0. The fourth-order valence-electron chi connectivity index (χ4n) is 2.09. The average molecular weight is 235 g/mol. The summed E-state index contributed by atoms with van der Waals surface area (Å²) >= 11 is 0. The fourth-order valence-corrected chi connectivity index (χ4v) is 2.09. The minimum Gasteiger partial charge on any atom is -0.312 e. The molecule has 0 amide bonds. The van der Waals surface area contributed by atoms with Gasteiger partial charge in [0.15, 0.2) is 0 Å². The first-order valence-corrected chi connectivity index (χ1v) is 6.71. The number of nitrogens with zero attached hydrogens (tertiary/aromatic N) is 2. The van der Waals surface area contributed by atoms with Gasteiger partial charge in [0, 0.05) is 18.3 Å². The Labute approximate surface area is 105 Å². The predicted octanol–water partition coefficient (Wildman–Crippen LogP) is 2.77. The van der Waals surface area contributed by atoms with Crippen molar-refractivity contribution in [2.45, 2.75) is 52.6 Å². The summed E-state index contributed by atoms with van der Waals surface area (Å²) in [6.45, 7) is 10.9. The lowest BCUT2D eigenvalue weighted by atomic mass is 10.1. The summed E-state index contributed by atoms with van der Waals surface area (Å²) in [4.78, 5) is 0. The Balaban J connectivity index is 1.77. The first kappa shape index (κ1) is 12.6. The van der Waals surface area contributed by atoms with Crippen LogP contribution < -0.4 is 5.32 Å². The molecule has 1 heterocycles. The van der Waals surface area contributed by atoms with Crippen molar-refractivity contribution in [3.63, 3.8) is 0 Å². The van der Waals surface area contributed by atoms with Gasteiger partial charge in [-0.1, -0.05) is 6.92 Å². The van der Waals surface area contributed by atoms with Gasteiger partial charge in [0.05, 0.1) is 11.7 Å². The standard InChI is InChI=1S/C14H25N3/c1-11(13-5-6-13)7-15-8-12-9-16-17(10-12)14(2,3)4/h9-11,13,15H,5-8H2,1-4H3. The van der Waals surface area contributed by atoms with E-state index in [4.69, 9.17) is 0 Å². The van der Waals surface area contributed by atoms with E-state index in [1.165, 1.54) is 18.4 Å². The molecule has 0 saturated heterocycles. The third-order valence-electron chi connectivity index (χ3n) is 3.55. The summed E-state index contributed by atoms with van der Waals surface area (Å²) in [5.74, 6) is 1.81. The van der Waals surface area contributed by atoms with Crippen molar-refractivity contribution in [2.24, 2.45) is 11.8 Å². The largest absolute Gasteiger partial charge is 0.312 e. The van der Waals surface area contributed by atoms with Gasteiger partial charge in [-0.2, -0.15) is 5.10 Å². The molecule has 3 nitrogen and oxygen atoms in total. The van der Waals surface area contributed by atoms with Crippen LogP contribution in [0.1, 0.15) is 46.1 Å². The van der Waals surface area contributed by atoms with E-state index in [-0.39, 0.29) is 5.54 Å². The van der Waals surface area contributed by atoms with Gasteiger partial charge in [0.2, 0.25) is 0 Å². The van der Waals surface area contributed by atoms with Crippen LogP contribution >= 0.6 is 0 Å². The van der Waals surface area contributed by atoms with E-state index in [9.17, 15) is 0 Å². The van der Waals surface area contributed by atoms with Gasteiger partial charge in [-0.15, -0.1) is 0 Å². The van der Waals surface area contributed by atoms with Gasteiger partial charge < -0.3 is 5.32 Å². The van der Waals surface area contributed by atoms with Crippen molar-refractivity contribution in [2.75, 3.05) is 6.54 Å². The maximum Gasteiger partial charge on any atom is 0.0543 e. The molecule has 96 valence electrons. The monoisotopic (exact) mass is 235 g/mol. The highest BCUT2D eigenvalue weighted by atomic mass is 15.3. The lowest BCUT2D eigenvalue weighted by molar-refractivity contribution is 0.355. The third kappa shape index (κ3) is 3.56. The fraction of sp³-hybridized carbons (Fsp3) is 0.786. The zero-order valence-corrected chi connectivity index (χ0v) is 11.5. The Morgan fingerprint density at radius 2 is 2.18 bits per heavy atom. The second kappa shape index (κ2) is 4.81. The molecule has 1 saturated carbocycles. The van der Waals surface area contributed by atoms with E-state index in [1.54, 1.807) is 0 Å². The highest BCUT2D eigenvalue weighted by Crippen LogP contribution is 2.36. The van der Waals surface area contributed by atoms with Crippen LogP contribution in [0.5, 0.6) is 0 Å². The number of rotatable bonds is 5. The molecule has 17 heavy (non-hydrogen) atoms. The zero-order valence-electron chi connectivity index (χ0n) is 11.5. The number of hydrogen-bond acceptors (Lipinski definition) is 2. The maximum atomic E-state index is 4.41. The summed E-state index contributed by atoms with van der Waals surface area (Å²) in [5.41, 5.74) is 1.36. The summed E-state index contributed by atoms with van der Waals surface area (Å²) in [6, 6.07) is 0. The molecule has 1 N–H and O–H groups in total. The Bertz CT molecular complexity index is 358. The summed E-state index contributed by atoms with van der Waals surface area (Å²) in [5, 5.41) is 7.94. The van der Waals surface area contributed by atoms with Crippen LogP contribution in [0.4, 0.5) is 0 Å². The smallest absolute Gasteiger partial charge is 0.0543 e. The Hall–Kier alpha value is -0.830. The Kier molecular flexibility index (Phi) is 3.57. The van der Waals surface area contributed by atoms with Crippen LogP contribution in [0.3, 0.4) is 0 Å². The van der Waals surface area contributed by atoms with Gasteiger partial charge in [0.1, 0.15) is 0 Å². The minimum absolute atomic E-state index is 0.0829. The second-order valence-corrected chi connectivity index (χ2v) is 6.41. The van der Waals surface area contributed by atoms with Crippen LogP contribution in [0.25, 0.3) is 0 Å². The summed E-state index contributed by atoms with van der Waals surface area (Å²) in [6.07, 6.45) is 6.99. The molecule has 2 rings (SSSR count). The molecule has 0 aliphatic heterocycles. The Morgan fingerprint density at radius 1 is 1.47 bits per heavy atom. The molecule has 1 unspecified atom stereocenters. The lowest BCUT2D eigenvalue weighted by Crippen LogP contribution is -2.23. The van der Waals surface area contributed by atoms with E-state index in [1.807, 2.05) is 10.9 Å². The molecule has 3 heteroatoms. The van der Waals surface area contributed by atoms with E-state index < -0.39 is 0 Å². The van der Waals surface area contributed by atoms with Gasteiger partial charge in [-0.3, -0.25) is 4.68 Å². The van der Waals surface area contributed by atoms with Gasteiger partial charge in [-0.25, -0.2) is 0 Å². The van der Waals surface area contributed by atoms with Crippen molar-refractivity contribution in [1.82, 2.24) is 15.1 Å². The number of hydrogen-bond donors (Lipinski definition) is 1. The molecule has 0 spiro atoms. The highest BCUT2D eigenvalue weighted by Gasteiger charge is 2.27.